The molecule has 0 unspecified atom stereocenters. The Morgan fingerprint density at radius 1 is 1.23 bits per heavy atom. The number of rotatable bonds is 3. The van der Waals surface area contributed by atoms with Crippen molar-refractivity contribution in [1.29, 1.82) is 0 Å². The molecule has 0 N–H and O–H groups in total. The fourth-order valence-corrected chi connectivity index (χ4v) is 0.905. The first-order chi connectivity index (χ1) is 6.20. The van der Waals surface area contributed by atoms with Crippen LogP contribution in [0.1, 0.15) is 12.5 Å². The van der Waals surface area contributed by atoms with Crippen LogP contribution in [0.2, 0.25) is 0 Å². The summed E-state index contributed by atoms with van der Waals surface area (Å²) in [4.78, 5) is 3.94. The molecule has 0 atom stereocenters. The molecule has 0 saturated heterocycles. The SMILES string of the molecule is C=C(C)/C=C\C(=C)c1ccncc1. The van der Waals surface area contributed by atoms with Crippen LogP contribution in [-0.2, 0) is 0 Å². The van der Waals surface area contributed by atoms with E-state index in [1.807, 2.05) is 31.2 Å². The molecule has 1 nitrogen and oxygen atoms in total. The molecule has 1 heterocycles. The molecular formula is C12H13N. The van der Waals surface area contributed by atoms with Crippen molar-refractivity contribution >= 4 is 5.57 Å². The van der Waals surface area contributed by atoms with Gasteiger partial charge in [0.15, 0.2) is 0 Å². The number of nitrogens with zero attached hydrogens (tertiary/aromatic N) is 1. The van der Waals surface area contributed by atoms with Gasteiger partial charge in [-0.25, -0.2) is 0 Å². The topological polar surface area (TPSA) is 12.9 Å². The predicted molar refractivity (Wildman–Crippen MR) is 57.2 cm³/mol. The number of hydrogen-bond acceptors (Lipinski definition) is 1. The smallest absolute Gasteiger partial charge is 0.0273 e. The minimum atomic E-state index is 0.977. The molecule has 1 aromatic rings. The molecule has 0 radical (unpaired) electrons. The number of hydrogen-bond donors (Lipinski definition) is 0. The van der Waals surface area contributed by atoms with Gasteiger partial charge < -0.3 is 0 Å². The van der Waals surface area contributed by atoms with Crippen molar-refractivity contribution in [2.24, 2.45) is 0 Å². The molecule has 0 spiro atoms. The van der Waals surface area contributed by atoms with Crippen molar-refractivity contribution in [1.82, 2.24) is 4.98 Å². The lowest BCUT2D eigenvalue weighted by molar-refractivity contribution is 1.32. The van der Waals surface area contributed by atoms with Crippen molar-refractivity contribution in [3.05, 3.63) is 61.0 Å². The molecule has 0 aliphatic carbocycles. The Morgan fingerprint density at radius 2 is 1.85 bits per heavy atom. The zero-order valence-corrected chi connectivity index (χ0v) is 7.83. The molecule has 0 aliphatic heterocycles. The van der Waals surface area contributed by atoms with E-state index >= 15 is 0 Å². The highest BCUT2D eigenvalue weighted by Gasteiger charge is 1.91. The second-order valence-corrected chi connectivity index (χ2v) is 2.94. The van der Waals surface area contributed by atoms with E-state index in [0.29, 0.717) is 0 Å². The van der Waals surface area contributed by atoms with E-state index in [1.165, 1.54) is 0 Å². The third-order valence-corrected chi connectivity index (χ3v) is 1.62. The lowest BCUT2D eigenvalue weighted by atomic mass is 10.1. The number of allylic oxidation sites excluding steroid dienone is 4. The van der Waals surface area contributed by atoms with Crippen molar-refractivity contribution in [3.8, 4) is 0 Å². The minimum Gasteiger partial charge on any atom is -0.265 e. The maximum absolute atomic E-state index is 3.94. The predicted octanol–water partition coefficient (Wildman–Crippen LogP) is 3.23. The monoisotopic (exact) mass is 171 g/mol. The highest BCUT2D eigenvalue weighted by atomic mass is 14.6. The molecule has 1 aromatic heterocycles. The Labute approximate surface area is 79.1 Å². The van der Waals surface area contributed by atoms with Crippen LogP contribution in [0.15, 0.2) is 55.4 Å². The van der Waals surface area contributed by atoms with Crippen molar-refractivity contribution < 1.29 is 0 Å². The van der Waals surface area contributed by atoms with E-state index in [2.05, 4.69) is 18.1 Å². The summed E-state index contributed by atoms with van der Waals surface area (Å²) in [7, 11) is 0. The summed E-state index contributed by atoms with van der Waals surface area (Å²) in [5.41, 5.74) is 3.09. The van der Waals surface area contributed by atoms with E-state index in [9.17, 15) is 0 Å². The summed E-state index contributed by atoms with van der Waals surface area (Å²) < 4.78 is 0. The molecule has 1 heteroatoms. The second-order valence-electron chi connectivity index (χ2n) is 2.94. The average molecular weight is 171 g/mol. The van der Waals surface area contributed by atoms with Gasteiger partial charge in [-0.1, -0.05) is 30.9 Å². The van der Waals surface area contributed by atoms with E-state index < -0.39 is 0 Å². The summed E-state index contributed by atoms with van der Waals surface area (Å²) in [5, 5.41) is 0. The van der Waals surface area contributed by atoms with Crippen LogP contribution >= 0.6 is 0 Å². The van der Waals surface area contributed by atoms with Crippen LogP contribution in [0.3, 0.4) is 0 Å². The van der Waals surface area contributed by atoms with Gasteiger partial charge in [-0.05, 0) is 30.2 Å². The van der Waals surface area contributed by atoms with E-state index in [4.69, 9.17) is 0 Å². The molecule has 0 saturated carbocycles. The number of pyridine rings is 1. The van der Waals surface area contributed by atoms with Crippen LogP contribution in [-0.4, -0.2) is 4.98 Å². The van der Waals surface area contributed by atoms with Crippen LogP contribution in [0.4, 0.5) is 0 Å². The Hall–Kier alpha value is -1.63. The molecule has 0 amide bonds. The maximum Gasteiger partial charge on any atom is 0.0273 e. The van der Waals surface area contributed by atoms with Crippen molar-refractivity contribution in [2.75, 3.05) is 0 Å². The molecule has 0 aromatic carbocycles. The van der Waals surface area contributed by atoms with Crippen LogP contribution in [0.5, 0.6) is 0 Å². The fourth-order valence-electron chi connectivity index (χ4n) is 0.905. The average Bonchev–Trinajstić information content (AvgIpc) is 2.15. The summed E-state index contributed by atoms with van der Waals surface area (Å²) in [6.45, 7) is 9.68. The molecular weight excluding hydrogens is 158 g/mol. The third kappa shape index (κ3) is 3.08. The minimum absolute atomic E-state index is 0.977. The molecule has 0 fully saturated rings. The lowest BCUT2D eigenvalue weighted by Crippen LogP contribution is -1.78. The first-order valence-corrected chi connectivity index (χ1v) is 4.13. The standard InChI is InChI=1S/C12H13N/c1-10(2)4-5-11(3)12-6-8-13-9-7-12/h4-9H,1,3H2,2H3/b5-4-. The largest absolute Gasteiger partial charge is 0.265 e. The fraction of sp³-hybridized carbons (Fsp3) is 0.0833. The molecule has 66 valence electrons. The van der Waals surface area contributed by atoms with Crippen molar-refractivity contribution in [3.63, 3.8) is 0 Å². The Balaban J connectivity index is 2.76. The first-order valence-electron chi connectivity index (χ1n) is 4.13. The van der Waals surface area contributed by atoms with Gasteiger partial charge in [-0.3, -0.25) is 4.98 Å². The van der Waals surface area contributed by atoms with E-state index in [0.717, 1.165) is 16.7 Å². The summed E-state index contributed by atoms with van der Waals surface area (Å²) in [6.07, 6.45) is 7.42. The number of aromatic nitrogens is 1. The van der Waals surface area contributed by atoms with Gasteiger partial charge in [0.1, 0.15) is 0 Å². The second kappa shape index (κ2) is 4.41. The summed E-state index contributed by atoms with van der Waals surface area (Å²) in [6, 6.07) is 3.87. The van der Waals surface area contributed by atoms with Crippen molar-refractivity contribution in [2.45, 2.75) is 6.92 Å². The zero-order valence-electron chi connectivity index (χ0n) is 7.83. The molecule has 0 bridgehead atoms. The highest BCUT2D eigenvalue weighted by molar-refractivity contribution is 5.71. The molecule has 1 rings (SSSR count). The Morgan fingerprint density at radius 3 is 2.38 bits per heavy atom. The maximum atomic E-state index is 3.94. The first kappa shape index (κ1) is 9.46. The zero-order chi connectivity index (χ0) is 9.68. The molecule has 13 heavy (non-hydrogen) atoms. The van der Waals surface area contributed by atoms with E-state index in [1.54, 1.807) is 12.4 Å². The van der Waals surface area contributed by atoms with Gasteiger partial charge in [0.25, 0.3) is 0 Å². The van der Waals surface area contributed by atoms with Crippen LogP contribution in [0, 0.1) is 0 Å². The van der Waals surface area contributed by atoms with Gasteiger partial charge in [-0.2, -0.15) is 0 Å². The van der Waals surface area contributed by atoms with Gasteiger partial charge in [-0.15, -0.1) is 0 Å². The summed E-state index contributed by atoms with van der Waals surface area (Å²) >= 11 is 0. The molecule has 0 aliphatic rings. The van der Waals surface area contributed by atoms with E-state index in [-0.39, 0.29) is 0 Å². The van der Waals surface area contributed by atoms with Crippen LogP contribution in [0.25, 0.3) is 5.57 Å². The third-order valence-electron chi connectivity index (χ3n) is 1.62. The Kier molecular flexibility index (Phi) is 3.21. The van der Waals surface area contributed by atoms with Gasteiger partial charge in [0.05, 0.1) is 0 Å². The highest BCUT2D eigenvalue weighted by Crippen LogP contribution is 2.12. The van der Waals surface area contributed by atoms with Gasteiger partial charge in [0, 0.05) is 12.4 Å². The van der Waals surface area contributed by atoms with Crippen LogP contribution < -0.4 is 0 Å². The summed E-state index contributed by atoms with van der Waals surface area (Å²) in [5.74, 6) is 0. The quantitative estimate of drug-likeness (QED) is 0.636. The lowest BCUT2D eigenvalue weighted by Gasteiger charge is -1.98. The van der Waals surface area contributed by atoms with Gasteiger partial charge >= 0.3 is 0 Å². The Bertz CT molecular complexity index is 333. The normalized spacial score (nSPS) is 10.2. The van der Waals surface area contributed by atoms with Gasteiger partial charge in [0.2, 0.25) is 0 Å².